The molecule has 1 aromatic rings. The Balaban J connectivity index is 2.74. The molecule has 0 heterocycles. The summed E-state index contributed by atoms with van der Waals surface area (Å²) in [5.41, 5.74) is 0.447. The number of benzene rings is 1. The van der Waals surface area contributed by atoms with Crippen molar-refractivity contribution in [3.63, 3.8) is 0 Å². The van der Waals surface area contributed by atoms with E-state index in [1.54, 1.807) is 25.1 Å². The molecule has 0 aliphatic heterocycles. The number of esters is 1. The molecule has 0 radical (unpaired) electrons. The van der Waals surface area contributed by atoms with E-state index in [1.165, 1.54) is 7.11 Å². The summed E-state index contributed by atoms with van der Waals surface area (Å²) in [4.78, 5) is 34.8. The molecule has 0 aromatic heterocycles. The van der Waals surface area contributed by atoms with Crippen molar-refractivity contribution in [3.05, 3.63) is 23.8 Å². The number of ether oxygens (including phenoxy) is 3. The van der Waals surface area contributed by atoms with Crippen molar-refractivity contribution in [1.82, 2.24) is 5.32 Å². The highest BCUT2D eigenvalue weighted by atomic mass is 16.5. The van der Waals surface area contributed by atoms with Crippen LogP contribution in [0.1, 0.15) is 37.6 Å². The lowest BCUT2D eigenvalue weighted by atomic mass is 9.99. The molecular formula is C18H25NO6. The normalized spacial score (nSPS) is 12.6. The minimum absolute atomic E-state index is 0.0674. The highest BCUT2D eigenvalue weighted by Crippen LogP contribution is 2.28. The van der Waals surface area contributed by atoms with Crippen LogP contribution in [0.5, 0.6) is 11.5 Å². The van der Waals surface area contributed by atoms with E-state index >= 15 is 0 Å². The molecule has 0 aliphatic carbocycles. The number of amides is 1. The van der Waals surface area contributed by atoms with E-state index in [0.717, 1.165) is 0 Å². The SMILES string of the molecule is CCOc1cc(C=O)ccc1OCC(=O)N[C@@H](C(=O)OC)[C@H](C)CC. The fourth-order valence-corrected chi connectivity index (χ4v) is 2.14. The number of carbonyl (C=O) groups is 3. The monoisotopic (exact) mass is 351 g/mol. The number of aldehydes is 1. The Morgan fingerprint density at radius 3 is 2.48 bits per heavy atom. The summed E-state index contributed by atoms with van der Waals surface area (Å²) in [6, 6.07) is 3.95. The molecule has 0 saturated heterocycles. The molecule has 1 rings (SSSR count). The first kappa shape index (κ1) is 20.5. The maximum absolute atomic E-state index is 12.1. The van der Waals surface area contributed by atoms with Crippen molar-refractivity contribution in [2.24, 2.45) is 5.92 Å². The topological polar surface area (TPSA) is 90.9 Å². The second-order valence-electron chi connectivity index (χ2n) is 5.50. The zero-order chi connectivity index (χ0) is 18.8. The molecule has 0 aliphatic rings. The van der Waals surface area contributed by atoms with Crippen LogP contribution in [-0.4, -0.2) is 44.5 Å². The van der Waals surface area contributed by atoms with E-state index < -0.39 is 17.9 Å². The first-order valence-electron chi connectivity index (χ1n) is 8.18. The molecule has 0 spiro atoms. The summed E-state index contributed by atoms with van der Waals surface area (Å²) in [6.45, 7) is 5.69. The molecule has 7 nitrogen and oxygen atoms in total. The third kappa shape index (κ3) is 6.10. The summed E-state index contributed by atoms with van der Waals surface area (Å²) in [5.74, 6) is -0.278. The van der Waals surface area contributed by atoms with E-state index in [2.05, 4.69) is 5.32 Å². The van der Waals surface area contributed by atoms with Gasteiger partial charge in [-0.05, 0) is 31.0 Å². The van der Waals surface area contributed by atoms with Gasteiger partial charge in [0.1, 0.15) is 12.3 Å². The molecule has 7 heteroatoms. The van der Waals surface area contributed by atoms with Gasteiger partial charge in [-0.25, -0.2) is 4.79 Å². The Hall–Kier alpha value is -2.57. The van der Waals surface area contributed by atoms with E-state index in [9.17, 15) is 14.4 Å². The number of methoxy groups -OCH3 is 1. The van der Waals surface area contributed by atoms with Gasteiger partial charge in [0.05, 0.1) is 13.7 Å². The van der Waals surface area contributed by atoms with Gasteiger partial charge in [-0.3, -0.25) is 9.59 Å². The maximum Gasteiger partial charge on any atom is 0.328 e. The van der Waals surface area contributed by atoms with Crippen LogP contribution in [0.3, 0.4) is 0 Å². The lowest BCUT2D eigenvalue weighted by molar-refractivity contribution is -0.146. The van der Waals surface area contributed by atoms with Crippen LogP contribution >= 0.6 is 0 Å². The van der Waals surface area contributed by atoms with Gasteiger partial charge in [0, 0.05) is 5.56 Å². The smallest absolute Gasteiger partial charge is 0.328 e. The van der Waals surface area contributed by atoms with Crippen LogP contribution in [0.15, 0.2) is 18.2 Å². The van der Waals surface area contributed by atoms with E-state index in [4.69, 9.17) is 14.2 Å². The third-order valence-corrected chi connectivity index (χ3v) is 3.75. The van der Waals surface area contributed by atoms with Gasteiger partial charge in [-0.1, -0.05) is 20.3 Å². The van der Waals surface area contributed by atoms with Crippen molar-refractivity contribution < 1.29 is 28.6 Å². The number of nitrogens with one attached hydrogen (secondary N) is 1. The third-order valence-electron chi connectivity index (χ3n) is 3.75. The van der Waals surface area contributed by atoms with Gasteiger partial charge in [0.25, 0.3) is 5.91 Å². The summed E-state index contributed by atoms with van der Waals surface area (Å²) in [5, 5.41) is 2.63. The molecule has 0 saturated carbocycles. The highest BCUT2D eigenvalue weighted by Gasteiger charge is 2.26. The average molecular weight is 351 g/mol. The van der Waals surface area contributed by atoms with Gasteiger partial charge >= 0.3 is 5.97 Å². The fourth-order valence-electron chi connectivity index (χ4n) is 2.14. The van der Waals surface area contributed by atoms with E-state index in [-0.39, 0.29) is 12.5 Å². The summed E-state index contributed by atoms with van der Waals surface area (Å²) in [6.07, 6.45) is 1.41. The molecule has 2 atom stereocenters. The second kappa shape index (κ2) is 10.3. The number of hydrogen-bond donors (Lipinski definition) is 1. The summed E-state index contributed by atoms with van der Waals surface area (Å²) in [7, 11) is 1.28. The molecule has 138 valence electrons. The zero-order valence-electron chi connectivity index (χ0n) is 15.0. The van der Waals surface area contributed by atoms with E-state index in [1.807, 2.05) is 13.8 Å². The minimum Gasteiger partial charge on any atom is -0.490 e. The lowest BCUT2D eigenvalue weighted by Gasteiger charge is -2.22. The molecule has 0 unspecified atom stereocenters. The standard InChI is InChI=1S/C18H25NO6/c1-5-12(3)17(18(22)23-4)19-16(21)11-25-14-8-7-13(10-20)9-15(14)24-6-2/h7-10,12,17H,5-6,11H2,1-4H3,(H,19,21)/t12-,17-/m1/s1. The largest absolute Gasteiger partial charge is 0.490 e. The predicted molar refractivity (Wildman–Crippen MR) is 91.9 cm³/mol. The quantitative estimate of drug-likeness (QED) is 0.512. The predicted octanol–water partition coefficient (Wildman–Crippen LogP) is 1.98. The Bertz CT molecular complexity index is 601. The Kier molecular flexibility index (Phi) is 8.46. The Labute approximate surface area is 147 Å². The van der Waals surface area contributed by atoms with Crippen LogP contribution in [-0.2, 0) is 14.3 Å². The van der Waals surface area contributed by atoms with Gasteiger partial charge in [-0.15, -0.1) is 0 Å². The van der Waals surface area contributed by atoms with Gasteiger partial charge < -0.3 is 19.5 Å². The molecule has 1 aromatic carbocycles. The fraction of sp³-hybridized carbons (Fsp3) is 0.500. The minimum atomic E-state index is -0.727. The molecule has 0 bridgehead atoms. The van der Waals surface area contributed by atoms with Crippen molar-refractivity contribution in [2.75, 3.05) is 20.3 Å². The van der Waals surface area contributed by atoms with Crippen LogP contribution < -0.4 is 14.8 Å². The number of rotatable bonds is 10. The summed E-state index contributed by atoms with van der Waals surface area (Å²) < 4.78 is 15.6. The van der Waals surface area contributed by atoms with Gasteiger partial charge in [0.15, 0.2) is 18.1 Å². The highest BCUT2D eigenvalue weighted by molar-refractivity contribution is 5.85. The van der Waals surface area contributed by atoms with Crippen LogP contribution in [0, 0.1) is 5.92 Å². The summed E-state index contributed by atoms with van der Waals surface area (Å²) >= 11 is 0. The molecular weight excluding hydrogens is 326 g/mol. The molecule has 25 heavy (non-hydrogen) atoms. The van der Waals surface area contributed by atoms with Gasteiger partial charge in [0.2, 0.25) is 0 Å². The van der Waals surface area contributed by atoms with Crippen molar-refractivity contribution in [2.45, 2.75) is 33.2 Å². The lowest BCUT2D eigenvalue weighted by Crippen LogP contribution is -2.47. The Morgan fingerprint density at radius 1 is 1.20 bits per heavy atom. The van der Waals surface area contributed by atoms with Crippen LogP contribution in [0.4, 0.5) is 0 Å². The molecule has 0 fully saturated rings. The average Bonchev–Trinajstić information content (AvgIpc) is 2.63. The van der Waals surface area contributed by atoms with Crippen molar-refractivity contribution in [1.29, 1.82) is 0 Å². The Morgan fingerprint density at radius 2 is 1.92 bits per heavy atom. The molecule has 1 N–H and O–H groups in total. The second-order valence-corrected chi connectivity index (χ2v) is 5.50. The zero-order valence-corrected chi connectivity index (χ0v) is 15.0. The first-order valence-corrected chi connectivity index (χ1v) is 8.18. The van der Waals surface area contributed by atoms with E-state index in [0.29, 0.717) is 36.4 Å². The molecule has 1 amide bonds. The van der Waals surface area contributed by atoms with Crippen molar-refractivity contribution in [3.8, 4) is 11.5 Å². The van der Waals surface area contributed by atoms with Gasteiger partial charge in [-0.2, -0.15) is 0 Å². The van der Waals surface area contributed by atoms with Crippen LogP contribution in [0.2, 0.25) is 0 Å². The number of carbonyl (C=O) groups excluding carboxylic acids is 3. The van der Waals surface area contributed by atoms with Crippen molar-refractivity contribution >= 4 is 18.2 Å². The van der Waals surface area contributed by atoms with Crippen LogP contribution in [0.25, 0.3) is 0 Å². The number of hydrogen-bond acceptors (Lipinski definition) is 6. The first-order chi connectivity index (χ1) is 12.0. The maximum atomic E-state index is 12.1.